The van der Waals surface area contributed by atoms with Gasteiger partial charge >= 0.3 is 5.97 Å². The molecule has 2 heterocycles. The van der Waals surface area contributed by atoms with Gasteiger partial charge in [0.15, 0.2) is 0 Å². The standard InChI is InChI=1S/C21H34O8/c1-3-4-5-6-7-8-9-11-16-14-18(27-26-16)20-15-19(28-29-20)17(25-23)12-10-13-21(22)24-2/h7-9,11,16-20,23H,3-6,10,12-15H2,1-2H3. The van der Waals surface area contributed by atoms with E-state index < -0.39 is 12.2 Å². The van der Waals surface area contributed by atoms with Gasteiger partial charge in [0.05, 0.1) is 7.11 Å². The molecule has 29 heavy (non-hydrogen) atoms. The highest BCUT2D eigenvalue weighted by Gasteiger charge is 2.42. The predicted molar refractivity (Wildman–Crippen MR) is 105 cm³/mol. The zero-order chi connectivity index (χ0) is 20.9. The normalized spacial score (nSPS) is 28.5. The lowest BCUT2D eigenvalue weighted by molar-refractivity contribution is -0.367. The molecule has 0 amide bonds. The summed E-state index contributed by atoms with van der Waals surface area (Å²) in [6, 6.07) is 0. The molecule has 5 atom stereocenters. The summed E-state index contributed by atoms with van der Waals surface area (Å²) in [6.07, 6.45) is 13.6. The van der Waals surface area contributed by atoms with Crippen molar-refractivity contribution < 1.29 is 39.2 Å². The van der Waals surface area contributed by atoms with Crippen molar-refractivity contribution in [3.05, 3.63) is 24.3 Å². The molecule has 2 aliphatic heterocycles. The van der Waals surface area contributed by atoms with Gasteiger partial charge in [-0.2, -0.15) is 0 Å². The highest BCUT2D eigenvalue weighted by Crippen LogP contribution is 2.31. The predicted octanol–water partition coefficient (Wildman–Crippen LogP) is 4.06. The van der Waals surface area contributed by atoms with E-state index in [1.54, 1.807) is 0 Å². The molecule has 0 aliphatic carbocycles. The van der Waals surface area contributed by atoms with E-state index in [2.05, 4.69) is 22.6 Å². The van der Waals surface area contributed by atoms with Crippen molar-refractivity contribution >= 4 is 5.97 Å². The van der Waals surface area contributed by atoms with E-state index in [0.717, 1.165) is 6.42 Å². The van der Waals surface area contributed by atoms with E-state index in [0.29, 0.717) is 25.7 Å². The van der Waals surface area contributed by atoms with Crippen LogP contribution < -0.4 is 0 Å². The van der Waals surface area contributed by atoms with Gasteiger partial charge in [-0.3, -0.25) is 10.1 Å². The minimum absolute atomic E-state index is 0.132. The Morgan fingerprint density at radius 1 is 1.10 bits per heavy atom. The van der Waals surface area contributed by atoms with E-state index >= 15 is 0 Å². The molecule has 1 N–H and O–H groups in total. The van der Waals surface area contributed by atoms with Crippen molar-refractivity contribution in [2.24, 2.45) is 0 Å². The van der Waals surface area contributed by atoms with Gasteiger partial charge in [-0.25, -0.2) is 24.4 Å². The fourth-order valence-corrected chi connectivity index (χ4v) is 3.38. The van der Waals surface area contributed by atoms with Crippen molar-refractivity contribution in [2.75, 3.05) is 7.11 Å². The maximum atomic E-state index is 11.2. The summed E-state index contributed by atoms with van der Waals surface area (Å²) >= 11 is 0. The summed E-state index contributed by atoms with van der Waals surface area (Å²) < 4.78 is 4.60. The zero-order valence-electron chi connectivity index (χ0n) is 17.4. The van der Waals surface area contributed by atoms with Crippen molar-refractivity contribution in [2.45, 2.75) is 95.2 Å². The van der Waals surface area contributed by atoms with Crippen LogP contribution in [0.25, 0.3) is 0 Å². The number of hydrogen-bond donors (Lipinski definition) is 1. The lowest BCUT2D eigenvalue weighted by Crippen LogP contribution is -2.30. The molecule has 166 valence electrons. The Bertz CT molecular complexity index is 521. The molecule has 2 aliphatic rings. The van der Waals surface area contributed by atoms with Crippen LogP contribution in [0.1, 0.15) is 64.7 Å². The molecule has 0 aromatic carbocycles. The van der Waals surface area contributed by atoms with Crippen LogP contribution in [0.15, 0.2) is 24.3 Å². The van der Waals surface area contributed by atoms with Crippen LogP contribution in [0.3, 0.4) is 0 Å². The molecule has 0 spiro atoms. The minimum Gasteiger partial charge on any atom is -0.469 e. The van der Waals surface area contributed by atoms with Crippen molar-refractivity contribution in [1.29, 1.82) is 0 Å². The molecule has 0 aromatic heterocycles. The number of allylic oxidation sites excluding steroid dienone is 3. The molecule has 8 heteroatoms. The zero-order valence-corrected chi connectivity index (χ0v) is 17.4. The summed E-state index contributed by atoms with van der Waals surface area (Å²) in [6.45, 7) is 2.20. The summed E-state index contributed by atoms with van der Waals surface area (Å²) in [7, 11) is 1.34. The third-order valence-corrected chi connectivity index (χ3v) is 5.14. The van der Waals surface area contributed by atoms with Gasteiger partial charge in [0.25, 0.3) is 0 Å². The number of carbonyl (C=O) groups is 1. The van der Waals surface area contributed by atoms with E-state index in [9.17, 15) is 4.79 Å². The number of esters is 1. The van der Waals surface area contributed by atoms with E-state index in [1.165, 1.54) is 26.4 Å². The Morgan fingerprint density at radius 2 is 1.90 bits per heavy atom. The fraction of sp³-hybridized carbons (Fsp3) is 0.762. The van der Waals surface area contributed by atoms with Crippen LogP contribution in [0.2, 0.25) is 0 Å². The van der Waals surface area contributed by atoms with Crippen molar-refractivity contribution in [1.82, 2.24) is 0 Å². The SMILES string of the molecule is CCCCCC=CC=CC1CC(C2CC(C(CCCC(=O)OC)OO)OO2)OO1. The van der Waals surface area contributed by atoms with Crippen LogP contribution in [0, 0.1) is 0 Å². The number of methoxy groups -OCH3 is 1. The van der Waals surface area contributed by atoms with Gasteiger partial charge in [0.2, 0.25) is 0 Å². The highest BCUT2D eigenvalue weighted by atomic mass is 17.2. The molecule has 2 fully saturated rings. The first-order valence-corrected chi connectivity index (χ1v) is 10.5. The van der Waals surface area contributed by atoms with Crippen LogP contribution >= 0.6 is 0 Å². The average molecular weight is 414 g/mol. The number of unbranched alkanes of at least 4 members (excludes halogenated alkanes) is 3. The first-order valence-electron chi connectivity index (χ1n) is 10.5. The molecular weight excluding hydrogens is 380 g/mol. The molecule has 0 saturated carbocycles. The molecule has 5 unspecified atom stereocenters. The number of rotatable bonds is 13. The van der Waals surface area contributed by atoms with Gasteiger partial charge in [-0.1, -0.05) is 44.1 Å². The lowest BCUT2D eigenvalue weighted by atomic mass is 9.98. The second-order valence-electron chi connectivity index (χ2n) is 7.43. The van der Waals surface area contributed by atoms with Gasteiger partial charge in [0, 0.05) is 19.3 Å². The van der Waals surface area contributed by atoms with E-state index in [-0.39, 0.29) is 30.7 Å². The molecule has 0 radical (unpaired) electrons. The van der Waals surface area contributed by atoms with Gasteiger partial charge < -0.3 is 4.74 Å². The maximum absolute atomic E-state index is 11.2. The summed E-state index contributed by atoms with van der Waals surface area (Å²) in [5.74, 6) is -0.297. The largest absolute Gasteiger partial charge is 0.469 e. The monoisotopic (exact) mass is 414 g/mol. The topological polar surface area (TPSA) is 92.7 Å². The second kappa shape index (κ2) is 13.8. The first-order chi connectivity index (χ1) is 14.2. The Morgan fingerprint density at radius 3 is 2.66 bits per heavy atom. The summed E-state index contributed by atoms with van der Waals surface area (Å²) in [5, 5.41) is 9.17. The Hall–Kier alpha value is -1.29. The van der Waals surface area contributed by atoms with Crippen molar-refractivity contribution in [3.63, 3.8) is 0 Å². The van der Waals surface area contributed by atoms with Gasteiger partial charge in [-0.15, -0.1) is 0 Å². The van der Waals surface area contributed by atoms with Crippen LogP contribution in [0.4, 0.5) is 0 Å². The Labute approximate surface area is 172 Å². The molecule has 0 aromatic rings. The van der Waals surface area contributed by atoms with Crippen LogP contribution in [0.5, 0.6) is 0 Å². The third-order valence-electron chi connectivity index (χ3n) is 5.14. The minimum atomic E-state index is -0.583. The number of carbonyl (C=O) groups excluding carboxylic acids is 1. The molecule has 8 nitrogen and oxygen atoms in total. The number of hydrogen-bond acceptors (Lipinski definition) is 8. The highest BCUT2D eigenvalue weighted by molar-refractivity contribution is 5.68. The Kier molecular flexibility index (Phi) is 11.5. The quantitative estimate of drug-likeness (QED) is 0.159. The van der Waals surface area contributed by atoms with Crippen LogP contribution in [-0.2, 0) is 34.0 Å². The molecule has 2 saturated heterocycles. The van der Waals surface area contributed by atoms with Gasteiger partial charge in [0.1, 0.15) is 30.5 Å². The molecular formula is C21H34O8. The molecule has 0 bridgehead atoms. The fourth-order valence-electron chi connectivity index (χ4n) is 3.38. The molecule has 2 rings (SSSR count). The maximum Gasteiger partial charge on any atom is 0.305 e. The average Bonchev–Trinajstić information content (AvgIpc) is 3.40. The van der Waals surface area contributed by atoms with Crippen molar-refractivity contribution in [3.8, 4) is 0 Å². The van der Waals surface area contributed by atoms with E-state index in [1.807, 2.05) is 18.2 Å². The van der Waals surface area contributed by atoms with E-state index in [4.69, 9.17) is 24.8 Å². The first kappa shape index (κ1) is 24.0. The van der Waals surface area contributed by atoms with Gasteiger partial charge in [-0.05, 0) is 25.7 Å². The van der Waals surface area contributed by atoms with Crippen LogP contribution in [-0.4, -0.2) is 48.9 Å². The lowest BCUT2D eigenvalue weighted by Gasteiger charge is -2.17. The Balaban J connectivity index is 1.68. The summed E-state index contributed by atoms with van der Waals surface area (Å²) in [5.41, 5.74) is 0. The third kappa shape index (κ3) is 8.54. The smallest absolute Gasteiger partial charge is 0.305 e. The number of ether oxygens (including phenoxy) is 1. The second-order valence-corrected chi connectivity index (χ2v) is 7.43. The summed E-state index contributed by atoms with van der Waals surface area (Å²) in [4.78, 5) is 37.2.